The van der Waals surface area contributed by atoms with E-state index >= 15 is 0 Å². The lowest BCUT2D eigenvalue weighted by atomic mass is 9.96. The van der Waals surface area contributed by atoms with Crippen LogP contribution in [0.25, 0.3) is 0 Å². The lowest BCUT2D eigenvalue weighted by Crippen LogP contribution is -2.03. The van der Waals surface area contributed by atoms with Crippen LogP contribution in [0.2, 0.25) is 0 Å². The number of hydrogen-bond acceptors (Lipinski definition) is 2. The monoisotopic (exact) mass is 318 g/mol. The molecule has 0 saturated heterocycles. The van der Waals surface area contributed by atoms with Crippen LogP contribution in [0.15, 0.2) is 24.3 Å². The van der Waals surface area contributed by atoms with E-state index in [1.165, 1.54) is 16.2 Å². The summed E-state index contributed by atoms with van der Waals surface area (Å²) in [6.45, 7) is 2.13. The summed E-state index contributed by atoms with van der Waals surface area (Å²) in [5, 5.41) is 0. The summed E-state index contributed by atoms with van der Waals surface area (Å²) in [7, 11) is 1.43. The van der Waals surface area contributed by atoms with Gasteiger partial charge in [-0.05, 0) is 52.6 Å². The number of ether oxygens (including phenoxy) is 1. The molecule has 0 spiro atoms. The average Bonchev–Trinajstić information content (AvgIpc) is 2.26. The van der Waals surface area contributed by atoms with Crippen LogP contribution in [-0.2, 0) is 9.53 Å². The SMILES string of the molecule is COC(=O)CC[C@@H](C)c1ccc(I)cc1. The van der Waals surface area contributed by atoms with Crippen LogP contribution in [0.4, 0.5) is 0 Å². The van der Waals surface area contributed by atoms with Crippen molar-refractivity contribution in [3.8, 4) is 0 Å². The molecular weight excluding hydrogens is 303 g/mol. The molecule has 0 aliphatic heterocycles. The van der Waals surface area contributed by atoms with Crippen LogP contribution in [0, 0.1) is 3.57 Å². The second-order valence-corrected chi connectivity index (χ2v) is 4.81. The van der Waals surface area contributed by atoms with Crippen molar-refractivity contribution in [3.63, 3.8) is 0 Å². The Kier molecular flexibility index (Phi) is 5.08. The third-order valence-electron chi connectivity index (χ3n) is 2.45. The van der Waals surface area contributed by atoms with Crippen LogP contribution < -0.4 is 0 Å². The standard InChI is InChI=1S/C12H15IO2/c1-9(3-8-12(14)15-2)10-4-6-11(13)7-5-10/h4-7,9H,3,8H2,1-2H3/t9-/m1/s1. The molecule has 0 heterocycles. The Morgan fingerprint density at radius 1 is 1.40 bits per heavy atom. The molecule has 82 valence electrons. The molecule has 0 aliphatic rings. The van der Waals surface area contributed by atoms with Gasteiger partial charge in [-0.2, -0.15) is 0 Å². The lowest BCUT2D eigenvalue weighted by molar-refractivity contribution is -0.140. The predicted octanol–water partition coefficient (Wildman–Crippen LogP) is 3.35. The number of rotatable bonds is 4. The number of carbonyl (C=O) groups is 1. The van der Waals surface area contributed by atoms with Crippen molar-refractivity contribution in [2.45, 2.75) is 25.7 Å². The predicted molar refractivity (Wildman–Crippen MR) is 68.8 cm³/mol. The zero-order valence-corrected chi connectivity index (χ0v) is 11.2. The minimum absolute atomic E-state index is 0.132. The molecule has 3 heteroatoms. The summed E-state index contributed by atoms with van der Waals surface area (Å²) < 4.78 is 5.85. The summed E-state index contributed by atoms with van der Waals surface area (Å²) in [6, 6.07) is 8.41. The van der Waals surface area contributed by atoms with E-state index in [2.05, 4.69) is 58.5 Å². The fourth-order valence-corrected chi connectivity index (χ4v) is 1.75. The van der Waals surface area contributed by atoms with Crippen molar-refractivity contribution >= 4 is 28.6 Å². The second-order valence-electron chi connectivity index (χ2n) is 3.57. The van der Waals surface area contributed by atoms with E-state index in [4.69, 9.17) is 0 Å². The number of carbonyl (C=O) groups excluding carboxylic acids is 1. The molecule has 0 aliphatic carbocycles. The maximum absolute atomic E-state index is 11.0. The number of esters is 1. The molecule has 15 heavy (non-hydrogen) atoms. The number of benzene rings is 1. The van der Waals surface area contributed by atoms with E-state index in [0.717, 1.165) is 6.42 Å². The summed E-state index contributed by atoms with van der Waals surface area (Å²) in [5.74, 6) is 0.272. The summed E-state index contributed by atoms with van der Waals surface area (Å²) in [5.41, 5.74) is 1.28. The molecule has 1 aromatic carbocycles. The molecule has 0 unspecified atom stereocenters. The minimum atomic E-state index is -0.132. The van der Waals surface area contributed by atoms with Gasteiger partial charge >= 0.3 is 5.97 Å². The van der Waals surface area contributed by atoms with Crippen molar-refractivity contribution in [2.24, 2.45) is 0 Å². The Bertz CT molecular complexity index is 319. The third-order valence-corrected chi connectivity index (χ3v) is 3.17. The molecule has 2 nitrogen and oxygen atoms in total. The number of methoxy groups -OCH3 is 1. The fourth-order valence-electron chi connectivity index (χ4n) is 1.39. The zero-order chi connectivity index (χ0) is 11.3. The molecule has 1 aromatic rings. The maximum Gasteiger partial charge on any atom is 0.305 e. The van der Waals surface area contributed by atoms with Crippen molar-refractivity contribution in [3.05, 3.63) is 33.4 Å². The maximum atomic E-state index is 11.0. The Labute approximate surface area is 104 Å². The van der Waals surface area contributed by atoms with E-state index in [-0.39, 0.29) is 5.97 Å². The van der Waals surface area contributed by atoms with E-state index in [9.17, 15) is 4.79 Å². The van der Waals surface area contributed by atoms with E-state index in [0.29, 0.717) is 12.3 Å². The van der Waals surface area contributed by atoms with Crippen molar-refractivity contribution in [1.29, 1.82) is 0 Å². The summed E-state index contributed by atoms with van der Waals surface area (Å²) in [4.78, 5) is 11.0. The van der Waals surface area contributed by atoms with Crippen molar-refractivity contribution in [2.75, 3.05) is 7.11 Å². The molecule has 1 atom stereocenters. The first-order valence-electron chi connectivity index (χ1n) is 4.95. The van der Waals surface area contributed by atoms with Crippen molar-refractivity contribution in [1.82, 2.24) is 0 Å². The molecule has 0 radical (unpaired) electrons. The highest BCUT2D eigenvalue weighted by Gasteiger charge is 2.08. The Morgan fingerprint density at radius 2 is 2.00 bits per heavy atom. The van der Waals surface area contributed by atoms with Gasteiger partial charge in [0.1, 0.15) is 0 Å². The van der Waals surface area contributed by atoms with Gasteiger partial charge in [-0.1, -0.05) is 19.1 Å². The largest absolute Gasteiger partial charge is 0.469 e. The van der Waals surface area contributed by atoms with Gasteiger partial charge in [0, 0.05) is 9.99 Å². The van der Waals surface area contributed by atoms with Gasteiger partial charge in [0.2, 0.25) is 0 Å². The smallest absolute Gasteiger partial charge is 0.305 e. The first-order chi connectivity index (χ1) is 7.13. The van der Waals surface area contributed by atoms with Crippen LogP contribution in [0.3, 0.4) is 0 Å². The molecule has 0 fully saturated rings. The highest BCUT2D eigenvalue weighted by atomic mass is 127. The van der Waals surface area contributed by atoms with Gasteiger partial charge in [0.05, 0.1) is 7.11 Å². The highest BCUT2D eigenvalue weighted by molar-refractivity contribution is 14.1. The van der Waals surface area contributed by atoms with E-state index < -0.39 is 0 Å². The van der Waals surface area contributed by atoms with Crippen LogP contribution in [0.5, 0.6) is 0 Å². The first-order valence-corrected chi connectivity index (χ1v) is 6.03. The average molecular weight is 318 g/mol. The Morgan fingerprint density at radius 3 is 2.53 bits per heavy atom. The highest BCUT2D eigenvalue weighted by Crippen LogP contribution is 2.21. The molecule has 0 aromatic heterocycles. The number of hydrogen-bond donors (Lipinski definition) is 0. The number of halogens is 1. The molecule has 0 N–H and O–H groups in total. The lowest BCUT2D eigenvalue weighted by Gasteiger charge is -2.10. The van der Waals surface area contributed by atoms with E-state index in [1.807, 2.05) is 0 Å². The zero-order valence-electron chi connectivity index (χ0n) is 9.00. The van der Waals surface area contributed by atoms with Gasteiger partial charge in [-0.15, -0.1) is 0 Å². The van der Waals surface area contributed by atoms with Gasteiger partial charge in [0.15, 0.2) is 0 Å². The Balaban J connectivity index is 2.50. The van der Waals surface area contributed by atoms with Crippen molar-refractivity contribution < 1.29 is 9.53 Å². The molecule has 0 amide bonds. The fraction of sp³-hybridized carbons (Fsp3) is 0.417. The normalized spacial score (nSPS) is 12.2. The minimum Gasteiger partial charge on any atom is -0.469 e. The quantitative estimate of drug-likeness (QED) is 0.629. The van der Waals surface area contributed by atoms with Gasteiger partial charge in [-0.25, -0.2) is 0 Å². The van der Waals surface area contributed by atoms with Gasteiger partial charge in [-0.3, -0.25) is 4.79 Å². The second kappa shape index (κ2) is 6.10. The summed E-state index contributed by atoms with van der Waals surface area (Å²) >= 11 is 2.28. The van der Waals surface area contributed by atoms with Crippen LogP contribution >= 0.6 is 22.6 Å². The topological polar surface area (TPSA) is 26.3 Å². The third kappa shape index (κ3) is 4.20. The Hall–Kier alpha value is -0.580. The molecule has 0 saturated carbocycles. The van der Waals surface area contributed by atoms with Gasteiger partial charge < -0.3 is 4.74 Å². The molecular formula is C12H15IO2. The molecule has 1 rings (SSSR count). The van der Waals surface area contributed by atoms with E-state index in [1.54, 1.807) is 0 Å². The van der Waals surface area contributed by atoms with Crippen LogP contribution in [0.1, 0.15) is 31.2 Å². The van der Waals surface area contributed by atoms with Crippen LogP contribution in [-0.4, -0.2) is 13.1 Å². The summed E-state index contributed by atoms with van der Waals surface area (Å²) in [6.07, 6.45) is 1.33. The first kappa shape index (κ1) is 12.5. The molecule has 0 bridgehead atoms. The van der Waals surface area contributed by atoms with Gasteiger partial charge in [0.25, 0.3) is 0 Å².